The summed E-state index contributed by atoms with van der Waals surface area (Å²) in [6.07, 6.45) is 3.45. The Morgan fingerprint density at radius 3 is 2.85 bits per heavy atom. The van der Waals surface area contributed by atoms with Crippen molar-refractivity contribution in [2.75, 3.05) is 32.4 Å². The molecule has 1 amide bonds. The molecule has 0 bridgehead atoms. The van der Waals surface area contributed by atoms with Crippen LogP contribution in [0.25, 0.3) is 0 Å². The monoisotopic (exact) mass is 295 g/mol. The van der Waals surface area contributed by atoms with Crippen molar-refractivity contribution in [3.63, 3.8) is 0 Å². The van der Waals surface area contributed by atoms with E-state index >= 15 is 0 Å². The van der Waals surface area contributed by atoms with Crippen molar-refractivity contribution in [2.24, 2.45) is 5.92 Å². The number of rotatable bonds is 4. The average Bonchev–Trinajstić information content (AvgIpc) is 2.43. The number of piperidine rings is 1. The second kappa shape index (κ2) is 6.95. The van der Waals surface area contributed by atoms with E-state index in [2.05, 4.69) is 17.3 Å². The number of benzene rings is 1. The van der Waals surface area contributed by atoms with Crippen LogP contribution in [0.3, 0.4) is 0 Å². The number of nitrogens with two attached hydrogens (primary N) is 1. The van der Waals surface area contributed by atoms with Crippen molar-refractivity contribution in [2.45, 2.75) is 19.3 Å². The van der Waals surface area contributed by atoms with Gasteiger partial charge in [0, 0.05) is 12.2 Å². The van der Waals surface area contributed by atoms with Crippen LogP contribution in [0.4, 0.5) is 5.69 Å². The number of anilines is 1. The quantitative estimate of drug-likeness (QED) is 0.839. The minimum Gasteiger partial charge on any atom is -0.399 e. The van der Waals surface area contributed by atoms with E-state index in [-0.39, 0.29) is 5.91 Å². The van der Waals surface area contributed by atoms with Crippen LogP contribution in [0.5, 0.6) is 0 Å². The molecule has 0 unspecified atom stereocenters. The highest BCUT2D eigenvalue weighted by Crippen LogP contribution is 2.20. The number of halogens is 1. The van der Waals surface area contributed by atoms with Gasteiger partial charge in [0.2, 0.25) is 0 Å². The first-order valence-corrected chi connectivity index (χ1v) is 7.46. The minimum atomic E-state index is -0.143. The van der Waals surface area contributed by atoms with Crippen molar-refractivity contribution < 1.29 is 4.79 Å². The molecule has 0 radical (unpaired) electrons. The van der Waals surface area contributed by atoms with Crippen molar-refractivity contribution in [3.8, 4) is 0 Å². The van der Waals surface area contributed by atoms with Gasteiger partial charge < -0.3 is 16.0 Å². The topological polar surface area (TPSA) is 58.4 Å². The van der Waals surface area contributed by atoms with Gasteiger partial charge in [-0.25, -0.2) is 0 Å². The van der Waals surface area contributed by atoms with E-state index in [1.165, 1.54) is 12.8 Å². The number of hydrogen-bond donors (Lipinski definition) is 2. The molecule has 5 heteroatoms. The zero-order valence-electron chi connectivity index (χ0n) is 11.9. The van der Waals surface area contributed by atoms with E-state index < -0.39 is 0 Å². The molecular weight excluding hydrogens is 274 g/mol. The molecule has 0 atom stereocenters. The highest BCUT2D eigenvalue weighted by Gasteiger charge is 2.17. The fraction of sp³-hybridized carbons (Fsp3) is 0.533. The minimum absolute atomic E-state index is 0.143. The van der Waals surface area contributed by atoms with Gasteiger partial charge in [-0.3, -0.25) is 4.79 Å². The van der Waals surface area contributed by atoms with Crippen molar-refractivity contribution in [3.05, 3.63) is 28.8 Å². The molecule has 1 aliphatic heterocycles. The zero-order chi connectivity index (χ0) is 14.5. The summed E-state index contributed by atoms with van der Waals surface area (Å²) in [5.74, 6) is 0.568. The molecule has 1 aromatic carbocycles. The second-order valence-electron chi connectivity index (χ2n) is 5.53. The Balaban J connectivity index is 1.79. The largest absolute Gasteiger partial charge is 0.399 e. The fourth-order valence-electron chi connectivity index (χ4n) is 2.55. The summed E-state index contributed by atoms with van der Waals surface area (Å²) in [7, 11) is 2.15. The molecule has 0 saturated carbocycles. The molecule has 3 N–H and O–H groups in total. The summed E-state index contributed by atoms with van der Waals surface area (Å²) in [4.78, 5) is 14.4. The number of likely N-dealkylation sites (tertiary alicyclic amines) is 1. The summed E-state index contributed by atoms with van der Waals surface area (Å²) < 4.78 is 0. The Bertz CT molecular complexity index is 470. The summed E-state index contributed by atoms with van der Waals surface area (Å²) in [5, 5.41) is 3.37. The second-order valence-corrected chi connectivity index (χ2v) is 5.94. The molecule has 110 valence electrons. The maximum atomic E-state index is 12.1. The Hall–Kier alpha value is -1.26. The van der Waals surface area contributed by atoms with Gasteiger partial charge in [-0.05, 0) is 63.5 Å². The van der Waals surface area contributed by atoms with Crippen LogP contribution in [0, 0.1) is 5.92 Å². The Labute approximate surface area is 125 Å². The number of hydrogen-bond acceptors (Lipinski definition) is 3. The zero-order valence-corrected chi connectivity index (χ0v) is 12.6. The van der Waals surface area contributed by atoms with Crippen molar-refractivity contribution >= 4 is 23.2 Å². The molecule has 0 spiro atoms. The standard InChI is InChI=1S/C15H22ClN3O/c1-19-8-5-11(6-9-19)4-7-18-15(20)13-10-12(17)2-3-14(13)16/h2-3,10-11H,4-9,17H2,1H3,(H,18,20). The van der Waals surface area contributed by atoms with Gasteiger partial charge in [-0.2, -0.15) is 0 Å². The summed E-state index contributed by atoms with van der Waals surface area (Å²) in [6, 6.07) is 4.97. The maximum Gasteiger partial charge on any atom is 0.252 e. The highest BCUT2D eigenvalue weighted by molar-refractivity contribution is 6.34. The first kappa shape index (κ1) is 15.1. The Morgan fingerprint density at radius 1 is 1.45 bits per heavy atom. The molecular formula is C15H22ClN3O. The lowest BCUT2D eigenvalue weighted by molar-refractivity contribution is 0.0949. The van der Waals surface area contributed by atoms with E-state index in [9.17, 15) is 4.79 Å². The van der Waals surface area contributed by atoms with Crippen LogP contribution in [-0.2, 0) is 0 Å². The van der Waals surface area contributed by atoms with E-state index in [0.717, 1.165) is 19.5 Å². The molecule has 0 aliphatic carbocycles. The number of carbonyl (C=O) groups is 1. The number of nitrogens with one attached hydrogen (secondary N) is 1. The van der Waals surface area contributed by atoms with Crippen LogP contribution in [-0.4, -0.2) is 37.5 Å². The molecule has 0 aromatic heterocycles. The fourth-order valence-corrected chi connectivity index (χ4v) is 2.76. The number of amides is 1. The third-order valence-corrected chi connectivity index (χ3v) is 4.24. The normalized spacial score (nSPS) is 17.1. The van der Waals surface area contributed by atoms with E-state index in [4.69, 9.17) is 17.3 Å². The van der Waals surface area contributed by atoms with Crippen molar-refractivity contribution in [1.29, 1.82) is 0 Å². The highest BCUT2D eigenvalue weighted by atomic mass is 35.5. The third kappa shape index (κ3) is 4.12. The van der Waals surface area contributed by atoms with Gasteiger partial charge in [0.25, 0.3) is 5.91 Å². The van der Waals surface area contributed by atoms with E-state index in [1.54, 1.807) is 18.2 Å². The first-order chi connectivity index (χ1) is 9.56. The molecule has 20 heavy (non-hydrogen) atoms. The molecule has 1 aliphatic rings. The molecule has 1 saturated heterocycles. The molecule has 1 fully saturated rings. The molecule has 4 nitrogen and oxygen atoms in total. The van der Waals surface area contributed by atoms with Crippen molar-refractivity contribution in [1.82, 2.24) is 10.2 Å². The average molecular weight is 296 g/mol. The molecule has 2 rings (SSSR count). The molecule has 1 heterocycles. The lowest BCUT2D eigenvalue weighted by Crippen LogP contribution is -2.32. The number of nitrogens with zero attached hydrogens (tertiary/aromatic N) is 1. The van der Waals surface area contributed by atoms with Crippen LogP contribution >= 0.6 is 11.6 Å². The van der Waals surface area contributed by atoms with E-state index in [0.29, 0.717) is 28.7 Å². The van der Waals surface area contributed by atoms with Crippen LogP contribution in [0.2, 0.25) is 5.02 Å². The first-order valence-electron chi connectivity index (χ1n) is 7.08. The predicted octanol–water partition coefficient (Wildman–Crippen LogP) is 2.38. The van der Waals surface area contributed by atoms with Gasteiger partial charge in [0.15, 0.2) is 0 Å². The lowest BCUT2D eigenvalue weighted by Gasteiger charge is -2.28. The maximum absolute atomic E-state index is 12.1. The van der Waals surface area contributed by atoms with Gasteiger partial charge in [-0.1, -0.05) is 11.6 Å². The summed E-state index contributed by atoms with van der Waals surface area (Å²) in [5.41, 5.74) is 6.69. The van der Waals surface area contributed by atoms with E-state index in [1.807, 2.05) is 0 Å². The third-order valence-electron chi connectivity index (χ3n) is 3.91. The lowest BCUT2D eigenvalue weighted by atomic mass is 9.94. The smallest absolute Gasteiger partial charge is 0.252 e. The number of nitrogen functional groups attached to an aromatic ring is 1. The molecule has 1 aromatic rings. The predicted molar refractivity (Wildman–Crippen MR) is 83.0 cm³/mol. The Kier molecular flexibility index (Phi) is 5.26. The van der Waals surface area contributed by atoms with Crippen LogP contribution in [0.15, 0.2) is 18.2 Å². The van der Waals surface area contributed by atoms with Gasteiger partial charge in [-0.15, -0.1) is 0 Å². The van der Waals surface area contributed by atoms with Gasteiger partial charge in [0.05, 0.1) is 10.6 Å². The van der Waals surface area contributed by atoms with Gasteiger partial charge >= 0.3 is 0 Å². The summed E-state index contributed by atoms with van der Waals surface area (Å²) >= 11 is 6.01. The van der Waals surface area contributed by atoms with Crippen LogP contribution < -0.4 is 11.1 Å². The SMILES string of the molecule is CN1CCC(CCNC(=O)c2cc(N)ccc2Cl)CC1. The Morgan fingerprint density at radius 2 is 2.15 bits per heavy atom. The summed E-state index contributed by atoms with van der Waals surface area (Å²) in [6.45, 7) is 3.00. The van der Waals surface area contributed by atoms with Gasteiger partial charge in [0.1, 0.15) is 0 Å². The van der Waals surface area contributed by atoms with Crippen LogP contribution in [0.1, 0.15) is 29.6 Å². The number of carbonyl (C=O) groups excluding carboxylic acids is 1.